The van der Waals surface area contributed by atoms with E-state index in [2.05, 4.69) is 9.82 Å². The fourth-order valence-corrected chi connectivity index (χ4v) is 4.71. The van der Waals surface area contributed by atoms with Crippen LogP contribution in [0.4, 0.5) is 10.1 Å². The lowest BCUT2D eigenvalue weighted by Gasteiger charge is -2.08. The highest BCUT2D eigenvalue weighted by molar-refractivity contribution is 7.94. The molecule has 24 heavy (non-hydrogen) atoms. The molecule has 0 saturated heterocycles. The zero-order valence-electron chi connectivity index (χ0n) is 12.5. The van der Waals surface area contributed by atoms with Gasteiger partial charge in [0.15, 0.2) is 0 Å². The molecule has 0 amide bonds. The summed E-state index contributed by atoms with van der Waals surface area (Å²) in [5.41, 5.74) is 1.74. The van der Waals surface area contributed by atoms with Crippen LogP contribution >= 0.6 is 22.9 Å². The molecular weight excluding hydrogens is 373 g/mol. The van der Waals surface area contributed by atoms with E-state index in [9.17, 15) is 12.8 Å². The van der Waals surface area contributed by atoms with Crippen LogP contribution in [0.5, 0.6) is 0 Å². The number of sulfonamides is 1. The van der Waals surface area contributed by atoms with Crippen molar-refractivity contribution in [1.29, 1.82) is 0 Å². The van der Waals surface area contributed by atoms with Gasteiger partial charge in [0.2, 0.25) is 0 Å². The average molecular weight is 386 g/mol. The Hall–Kier alpha value is -1.90. The molecule has 0 atom stereocenters. The number of thiophene rings is 1. The number of aryl methyl sites for hydroxylation is 1. The van der Waals surface area contributed by atoms with Crippen LogP contribution in [0.15, 0.2) is 46.1 Å². The van der Waals surface area contributed by atoms with E-state index in [1.54, 1.807) is 22.3 Å². The van der Waals surface area contributed by atoms with E-state index in [1.807, 2.05) is 13.0 Å². The van der Waals surface area contributed by atoms with Gasteiger partial charge in [0.1, 0.15) is 10.0 Å². The van der Waals surface area contributed by atoms with Gasteiger partial charge in [-0.1, -0.05) is 11.6 Å². The molecule has 0 aliphatic carbocycles. The van der Waals surface area contributed by atoms with Gasteiger partial charge in [-0.05, 0) is 37.3 Å². The van der Waals surface area contributed by atoms with Crippen LogP contribution in [-0.2, 0) is 16.6 Å². The number of benzene rings is 1. The van der Waals surface area contributed by atoms with Crippen molar-refractivity contribution in [3.05, 3.63) is 52.7 Å². The van der Waals surface area contributed by atoms with Crippen molar-refractivity contribution >= 4 is 38.6 Å². The number of anilines is 1. The van der Waals surface area contributed by atoms with Gasteiger partial charge in [-0.15, -0.1) is 11.3 Å². The van der Waals surface area contributed by atoms with Crippen LogP contribution in [0.3, 0.4) is 0 Å². The minimum absolute atomic E-state index is 0.000543. The summed E-state index contributed by atoms with van der Waals surface area (Å²) >= 11 is 6.97. The molecule has 0 aliphatic rings. The maximum Gasteiger partial charge on any atom is 0.271 e. The van der Waals surface area contributed by atoms with Crippen LogP contribution in [0.2, 0.25) is 5.02 Å². The predicted octanol–water partition coefficient (Wildman–Crippen LogP) is 4.22. The SMILES string of the molecule is CCn1nccc1-c1csc(S(=O)(=O)Nc2ccc(F)cc2Cl)c1. The van der Waals surface area contributed by atoms with Crippen LogP contribution in [0, 0.1) is 5.82 Å². The third-order valence-corrected chi connectivity index (χ3v) is 6.45. The minimum Gasteiger partial charge on any atom is -0.277 e. The van der Waals surface area contributed by atoms with Gasteiger partial charge in [0.25, 0.3) is 10.0 Å². The zero-order valence-corrected chi connectivity index (χ0v) is 14.9. The maximum atomic E-state index is 13.1. The summed E-state index contributed by atoms with van der Waals surface area (Å²) in [6.07, 6.45) is 1.67. The Morgan fingerprint density at radius 3 is 2.83 bits per heavy atom. The first-order chi connectivity index (χ1) is 11.4. The summed E-state index contributed by atoms with van der Waals surface area (Å²) in [6, 6.07) is 6.89. The number of rotatable bonds is 5. The Balaban J connectivity index is 1.91. The van der Waals surface area contributed by atoms with E-state index in [4.69, 9.17) is 11.6 Å². The Bertz CT molecular complexity index is 982. The van der Waals surface area contributed by atoms with Gasteiger partial charge < -0.3 is 0 Å². The highest BCUT2D eigenvalue weighted by Crippen LogP contribution is 2.31. The molecular formula is C15H13ClFN3O2S2. The Labute approximate surface area is 147 Å². The Kier molecular flexibility index (Phi) is 4.62. The van der Waals surface area contributed by atoms with E-state index >= 15 is 0 Å². The molecule has 0 bridgehead atoms. The van der Waals surface area contributed by atoms with Gasteiger partial charge in [0, 0.05) is 23.7 Å². The molecule has 2 heterocycles. The van der Waals surface area contributed by atoms with E-state index in [0.29, 0.717) is 6.54 Å². The number of nitrogens with zero attached hydrogens (tertiary/aromatic N) is 2. The normalized spacial score (nSPS) is 11.6. The van der Waals surface area contributed by atoms with Crippen molar-refractivity contribution in [3.63, 3.8) is 0 Å². The molecule has 0 unspecified atom stereocenters. The van der Waals surface area contributed by atoms with Crippen molar-refractivity contribution in [2.24, 2.45) is 0 Å². The molecule has 1 aromatic carbocycles. The van der Waals surface area contributed by atoms with Gasteiger partial charge in [-0.25, -0.2) is 12.8 Å². The quantitative estimate of drug-likeness (QED) is 0.715. The molecule has 2 aromatic heterocycles. The van der Waals surface area contributed by atoms with Crippen LogP contribution in [0.1, 0.15) is 6.92 Å². The average Bonchev–Trinajstić information content (AvgIpc) is 3.18. The topological polar surface area (TPSA) is 64.0 Å². The van der Waals surface area contributed by atoms with Gasteiger partial charge in [-0.2, -0.15) is 5.10 Å². The Morgan fingerprint density at radius 1 is 1.33 bits per heavy atom. The summed E-state index contributed by atoms with van der Waals surface area (Å²) < 4.78 is 42.4. The molecule has 5 nitrogen and oxygen atoms in total. The van der Waals surface area contributed by atoms with E-state index in [1.165, 1.54) is 6.07 Å². The molecule has 0 fully saturated rings. The van der Waals surface area contributed by atoms with Crippen molar-refractivity contribution in [2.45, 2.75) is 17.7 Å². The first kappa shape index (κ1) is 16.9. The Morgan fingerprint density at radius 2 is 2.12 bits per heavy atom. The summed E-state index contributed by atoms with van der Waals surface area (Å²) in [5, 5.41) is 5.93. The second-order valence-corrected chi connectivity index (χ2v) is 8.14. The van der Waals surface area contributed by atoms with Crippen molar-refractivity contribution in [1.82, 2.24) is 9.78 Å². The minimum atomic E-state index is -3.81. The molecule has 3 rings (SSSR count). The molecule has 1 N–H and O–H groups in total. The van der Waals surface area contributed by atoms with E-state index in [-0.39, 0.29) is 14.9 Å². The zero-order chi connectivity index (χ0) is 17.3. The van der Waals surface area contributed by atoms with Crippen molar-refractivity contribution in [2.75, 3.05) is 4.72 Å². The van der Waals surface area contributed by atoms with Crippen LogP contribution in [-0.4, -0.2) is 18.2 Å². The number of halogens is 2. The lowest BCUT2D eigenvalue weighted by Crippen LogP contribution is -2.11. The van der Waals surface area contributed by atoms with Crippen molar-refractivity contribution < 1.29 is 12.8 Å². The molecule has 126 valence electrons. The van der Waals surface area contributed by atoms with Gasteiger partial charge in [-0.3, -0.25) is 9.40 Å². The predicted molar refractivity (Wildman–Crippen MR) is 93.4 cm³/mol. The number of hydrogen-bond acceptors (Lipinski definition) is 4. The first-order valence-corrected chi connectivity index (χ1v) is 9.73. The fraction of sp³-hybridized carbons (Fsp3) is 0.133. The van der Waals surface area contributed by atoms with Crippen LogP contribution in [0.25, 0.3) is 11.3 Å². The summed E-state index contributed by atoms with van der Waals surface area (Å²) in [7, 11) is -3.81. The van der Waals surface area contributed by atoms with Crippen molar-refractivity contribution in [3.8, 4) is 11.3 Å². The van der Waals surface area contributed by atoms with Crippen LogP contribution < -0.4 is 4.72 Å². The monoisotopic (exact) mass is 385 g/mol. The molecule has 0 aliphatic heterocycles. The number of hydrogen-bond donors (Lipinski definition) is 1. The molecule has 0 radical (unpaired) electrons. The maximum absolute atomic E-state index is 13.1. The second-order valence-electron chi connectivity index (χ2n) is 4.92. The van der Waals surface area contributed by atoms with Gasteiger partial charge in [0.05, 0.1) is 16.4 Å². The fourth-order valence-electron chi connectivity index (χ4n) is 2.19. The largest absolute Gasteiger partial charge is 0.277 e. The third kappa shape index (κ3) is 3.31. The lowest BCUT2D eigenvalue weighted by atomic mass is 10.2. The van der Waals surface area contributed by atoms with E-state index in [0.717, 1.165) is 34.7 Å². The molecule has 9 heteroatoms. The highest BCUT2D eigenvalue weighted by Gasteiger charge is 2.19. The van der Waals surface area contributed by atoms with E-state index < -0.39 is 15.8 Å². The number of aromatic nitrogens is 2. The highest BCUT2D eigenvalue weighted by atomic mass is 35.5. The first-order valence-electron chi connectivity index (χ1n) is 6.99. The molecule has 3 aromatic rings. The van der Waals surface area contributed by atoms with Gasteiger partial charge >= 0.3 is 0 Å². The molecule has 0 saturated carbocycles. The summed E-state index contributed by atoms with van der Waals surface area (Å²) in [4.78, 5) is 0. The lowest BCUT2D eigenvalue weighted by molar-refractivity contribution is 0.603. The second kappa shape index (κ2) is 6.54. The third-order valence-electron chi connectivity index (χ3n) is 3.33. The smallest absolute Gasteiger partial charge is 0.271 e. The summed E-state index contributed by atoms with van der Waals surface area (Å²) in [6.45, 7) is 2.64. The standard InChI is InChI=1S/C15H13ClFN3O2S2/c1-2-20-14(5-6-18-20)10-7-15(23-9-10)24(21,22)19-13-4-3-11(17)8-12(13)16/h3-9,19H,2H2,1H3. The summed E-state index contributed by atoms with van der Waals surface area (Å²) in [5.74, 6) is -0.533. The number of nitrogens with one attached hydrogen (secondary N) is 1. The molecule has 0 spiro atoms.